The molecule has 0 saturated heterocycles. The third-order valence-corrected chi connectivity index (χ3v) is 4.10. The van der Waals surface area contributed by atoms with E-state index in [-0.39, 0.29) is 6.61 Å². The molecule has 0 aromatic carbocycles. The van der Waals surface area contributed by atoms with Crippen LogP contribution in [0.15, 0.2) is 0 Å². The van der Waals surface area contributed by atoms with Gasteiger partial charge in [-0.05, 0) is 6.92 Å². The highest BCUT2D eigenvalue weighted by molar-refractivity contribution is 4.39. The average molecular weight is 530 g/mol. The van der Waals surface area contributed by atoms with Crippen LogP contribution in [-0.2, 0) is 52.1 Å². The van der Waals surface area contributed by atoms with Crippen LogP contribution in [0.1, 0.15) is 0 Å². The molecule has 0 fully saturated rings. The summed E-state index contributed by atoms with van der Waals surface area (Å²) in [6.07, 6.45) is 0. The van der Waals surface area contributed by atoms with Crippen LogP contribution >= 0.6 is 0 Å². The van der Waals surface area contributed by atoms with E-state index in [1.54, 1.807) is 0 Å². The van der Waals surface area contributed by atoms with Gasteiger partial charge in [0, 0.05) is 6.61 Å². The van der Waals surface area contributed by atoms with E-state index in [2.05, 4.69) is 6.92 Å². The minimum atomic E-state index is 0.0275. The van der Waals surface area contributed by atoms with Crippen LogP contribution < -0.4 is 0 Å². The van der Waals surface area contributed by atoms with E-state index in [0.717, 1.165) is 0 Å². The second kappa shape index (κ2) is 34.5. The number of ether oxygens (including phenoxy) is 11. The molecule has 0 aliphatic rings. The van der Waals surface area contributed by atoms with Crippen molar-refractivity contribution in [3.63, 3.8) is 0 Å². The largest absolute Gasteiger partial charge is 0.394 e. The molecule has 0 heterocycles. The van der Waals surface area contributed by atoms with Crippen LogP contribution in [0, 0.1) is 6.92 Å². The van der Waals surface area contributed by atoms with Crippen molar-refractivity contribution < 1.29 is 57.2 Å². The molecule has 0 aromatic rings. The zero-order chi connectivity index (χ0) is 26.0. The molecular formula is C24H49O12. The predicted molar refractivity (Wildman–Crippen MR) is 131 cm³/mol. The molecule has 0 spiro atoms. The number of hydrogen-bond acceptors (Lipinski definition) is 12. The van der Waals surface area contributed by atoms with E-state index in [4.69, 9.17) is 57.2 Å². The van der Waals surface area contributed by atoms with Gasteiger partial charge in [-0.2, -0.15) is 0 Å². The van der Waals surface area contributed by atoms with Gasteiger partial charge in [0.05, 0.1) is 145 Å². The number of rotatable bonds is 33. The van der Waals surface area contributed by atoms with E-state index in [1.807, 2.05) is 0 Å². The van der Waals surface area contributed by atoms with Gasteiger partial charge in [-0.3, -0.25) is 0 Å². The summed E-state index contributed by atoms with van der Waals surface area (Å²) >= 11 is 0. The van der Waals surface area contributed by atoms with E-state index in [9.17, 15) is 0 Å². The van der Waals surface area contributed by atoms with E-state index in [1.165, 1.54) is 0 Å². The highest BCUT2D eigenvalue weighted by atomic mass is 16.6. The maximum atomic E-state index is 8.55. The van der Waals surface area contributed by atoms with Gasteiger partial charge < -0.3 is 57.2 Å². The van der Waals surface area contributed by atoms with Crippen molar-refractivity contribution >= 4 is 0 Å². The Kier molecular flexibility index (Phi) is 34.1. The summed E-state index contributed by atoms with van der Waals surface area (Å²) in [7, 11) is 0. The Hall–Kier alpha value is -0.480. The quantitative estimate of drug-likeness (QED) is 0.115. The lowest BCUT2D eigenvalue weighted by Gasteiger charge is -2.09. The van der Waals surface area contributed by atoms with Crippen LogP contribution in [0.4, 0.5) is 0 Å². The van der Waals surface area contributed by atoms with Gasteiger partial charge in [-0.15, -0.1) is 0 Å². The van der Waals surface area contributed by atoms with Gasteiger partial charge in [0.15, 0.2) is 0 Å². The summed E-state index contributed by atoms with van der Waals surface area (Å²) in [5, 5.41) is 8.55. The summed E-state index contributed by atoms with van der Waals surface area (Å²) in [5.41, 5.74) is 0. The van der Waals surface area contributed by atoms with Gasteiger partial charge in [0.1, 0.15) is 0 Å². The Labute approximate surface area is 216 Å². The molecule has 0 saturated carbocycles. The topological polar surface area (TPSA) is 122 Å². The Morgan fingerprint density at radius 1 is 0.278 bits per heavy atom. The van der Waals surface area contributed by atoms with Crippen LogP contribution in [-0.4, -0.2) is 157 Å². The molecule has 0 atom stereocenters. The minimum Gasteiger partial charge on any atom is -0.394 e. The van der Waals surface area contributed by atoms with Crippen molar-refractivity contribution in [1.82, 2.24) is 0 Å². The normalized spacial score (nSPS) is 11.5. The lowest BCUT2D eigenvalue weighted by atomic mass is 10.6. The second-order valence-electron chi connectivity index (χ2n) is 6.96. The molecule has 0 bridgehead atoms. The van der Waals surface area contributed by atoms with Crippen molar-refractivity contribution in [2.24, 2.45) is 0 Å². The molecule has 1 N–H and O–H groups in total. The van der Waals surface area contributed by atoms with Crippen molar-refractivity contribution in [3.05, 3.63) is 6.92 Å². The van der Waals surface area contributed by atoms with Crippen molar-refractivity contribution in [1.29, 1.82) is 0 Å². The Morgan fingerprint density at radius 3 is 0.611 bits per heavy atom. The van der Waals surface area contributed by atoms with Gasteiger partial charge in [-0.25, -0.2) is 0 Å². The predicted octanol–water partition coefficient (Wildman–Crippen LogP) is -0.00461. The first-order chi connectivity index (χ1) is 17.9. The van der Waals surface area contributed by atoms with Crippen molar-refractivity contribution in [2.45, 2.75) is 0 Å². The molecule has 12 heteroatoms. The average Bonchev–Trinajstić information content (AvgIpc) is 2.89. The molecule has 0 aliphatic heterocycles. The molecule has 1 radical (unpaired) electrons. The zero-order valence-electron chi connectivity index (χ0n) is 21.9. The Bertz CT molecular complexity index is 345. The SMILES string of the molecule is [CH2]COCCOCCOCCOCCOCCOCCOCCOCCOCCOCCOCCO. The number of aliphatic hydroxyl groups excluding tert-OH is 1. The fourth-order valence-electron chi connectivity index (χ4n) is 2.37. The fraction of sp³-hybridized carbons (Fsp3) is 0.958. The maximum Gasteiger partial charge on any atom is 0.0701 e. The standard InChI is InChI=1S/C24H49O12/c1-2-26-5-6-28-9-10-30-13-14-32-17-18-34-21-22-36-24-23-35-20-19-33-16-15-31-12-11-29-8-7-27-4-3-25/h25H,1-24H2. The van der Waals surface area contributed by atoms with Crippen LogP contribution in [0.3, 0.4) is 0 Å². The molecule has 0 aliphatic carbocycles. The van der Waals surface area contributed by atoms with Crippen LogP contribution in [0.25, 0.3) is 0 Å². The first kappa shape index (κ1) is 35.5. The summed E-state index contributed by atoms with van der Waals surface area (Å²) < 4.78 is 58.7. The minimum absolute atomic E-state index is 0.0275. The zero-order valence-corrected chi connectivity index (χ0v) is 21.9. The second-order valence-corrected chi connectivity index (χ2v) is 6.96. The van der Waals surface area contributed by atoms with Gasteiger partial charge in [0.25, 0.3) is 0 Å². The first-order valence-electron chi connectivity index (χ1n) is 12.7. The highest BCUT2D eigenvalue weighted by Crippen LogP contribution is 1.86. The monoisotopic (exact) mass is 529 g/mol. The van der Waals surface area contributed by atoms with E-state index < -0.39 is 0 Å². The lowest BCUT2D eigenvalue weighted by molar-refractivity contribution is -0.0276. The molecule has 0 aromatic heterocycles. The van der Waals surface area contributed by atoms with E-state index in [0.29, 0.717) is 145 Å². The molecule has 0 unspecified atom stereocenters. The Balaban J connectivity index is 3.00. The highest BCUT2D eigenvalue weighted by Gasteiger charge is 1.96. The van der Waals surface area contributed by atoms with Crippen LogP contribution in [0.2, 0.25) is 0 Å². The van der Waals surface area contributed by atoms with Gasteiger partial charge >= 0.3 is 0 Å². The summed E-state index contributed by atoms with van der Waals surface area (Å²) in [4.78, 5) is 0. The third kappa shape index (κ3) is 33.5. The number of aliphatic hydroxyl groups is 1. The van der Waals surface area contributed by atoms with Gasteiger partial charge in [0.2, 0.25) is 0 Å². The van der Waals surface area contributed by atoms with Gasteiger partial charge in [-0.1, -0.05) is 0 Å². The van der Waals surface area contributed by atoms with Crippen LogP contribution in [0.5, 0.6) is 0 Å². The van der Waals surface area contributed by atoms with Crippen molar-refractivity contribution in [3.8, 4) is 0 Å². The molecule has 217 valence electrons. The Morgan fingerprint density at radius 2 is 0.444 bits per heavy atom. The smallest absolute Gasteiger partial charge is 0.0701 e. The maximum absolute atomic E-state index is 8.55. The molecule has 0 amide bonds. The lowest BCUT2D eigenvalue weighted by Crippen LogP contribution is -2.15. The molecule has 36 heavy (non-hydrogen) atoms. The molecule has 12 nitrogen and oxygen atoms in total. The summed E-state index contributed by atoms with van der Waals surface area (Å²) in [5.74, 6) is 0. The third-order valence-electron chi connectivity index (χ3n) is 4.10. The number of hydrogen-bond donors (Lipinski definition) is 1. The summed E-state index contributed by atoms with van der Waals surface area (Å²) in [6.45, 7) is 14.8. The fourth-order valence-corrected chi connectivity index (χ4v) is 2.37. The molecule has 0 rings (SSSR count). The summed E-state index contributed by atoms with van der Waals surface area (Å²) in [6, 6.07) is 0. The first-order valence-corrected chi connectivity index (χ1v) is 12.7. The molecular weight excluding hydrogens is 480 g/mol. The van der Waals surface area contributed by atoms with E-state index >= 15 is 0 Å². The van der Waals surface area contributed by atoms with Crippen molar-refractivity contribution in [2.75, 3.05) is 152 Å².